The molecule has 6 heteroatoms. The molecular weight excluding hydrogens is 237 g/mol. The van der Waals surface area contributed by atoms with Crippen LogP contribution in [-0.4, -0.2) is 19.8 Å². The number of nitrogens with zero attached hydrogens (tertiary/aromatic N) is 3. The van der Waals surface area contributed by atoms with Crippen molar-refractivity contribution in [1.82, 2.24) is 14.5 Å². The number of rotatable bonds is 1. The second-order valence-electron chi connectivity index (χ2n) is 3.15. The van der Waals surface area contributed by atoms with E-state index in [9.17, 15) is 4.79 Å². The Labute approximate surface area is 95.8 Å². The topological polar surface area (TPSA) is 47.8 Å². The van der Waals surface area contributed by atoms with Crippen LogP contribution in [0.5, 0.6) is 0 Å². The molecule has 4 nitrogen and oxygen atoms in total. The number of hydrogen-bond donors (Lipinski definition) is 0. The molecule has 0 fully saturated rings. The van der Waals surface area contributed by atoms with Crippen molar-refractivity contribution in [3.8, 4) is 0 Å². The first-order chi connectivity index (χ1) is 7.02. The van der Waals surface area contributed by atoms with E-state index in [-0.39, 0.29) is 10.6 Å². The fourth-order valence-electron chi connectivity index (χ4n) is 1.34. The van der Waals surface area contributed by atoms with Crippen molar-refractivity contribution in [2.75, 3.05) is 0 Å². The largest absolute Gasteiger partial charge is 0.316 e. The molecule has 0 N–H and O–H groups in total. The molecule has 0 bridgehead atoms. The Kier molecular flexibility index (Phi) is 2.40. The van der Waals surface area contributed by atoms with E-state index in [1.165, 1.54) is 6.20 Å². The molecule has 0 aliphatic carbocycles. The summed E-state index contributed by atoms with van der Waals surface area (Å²) in [6, 6.07) is 0. The fourth-order valence-corrected chi connectivity index (χ4v) is 1.79. The molecule has 0 aromatic carbocycles. The van der Waals surface area contributed by atoms with E-state index < -0.39 is 5.24 Å². The Morgan fingerprint density at radius 2 is 2.20 bits per heavy atom. The van der Waals surface area contributed by atoms with E-state index >= 15 is 0 Å². The molecule has 0 unspecified atom stereocenters. The number of aryl methyl sites for hydroxylation is 2. The lowest BCUT2D eigenvalue weighted by atomic mass is 10.3. The highest BCUT2D eigenvalue weighted by Crippen LogP contribution is 2.26. The van der Waals surface area contributed by atoms with Gasteiger partial charge in [0.1, 0.15) is 11.3 Å². The van der Waals surface area contributed by atoms with Crippen LogP contribution in [0.15, 0.2) is 6.20 Å². The summed E-state index contributed by atoms with van der Waals surface area (Å²) < 4.78 is 1.80. The maximum Gasteiger partial charge on any atom is 0.255 e. The summed E-state index contributed by atoms with van der Waals surface area (Å²) >= 11 is 11.4. The second-order valence-corrected chi connectivity index (χ2v) is 3.87. The molecule has 0 saturated carbocycles. The molecule has 0 aliphatic rings. The van der Waals surface area contributed by atoms with Crippen molar-refractivity contribution in [1.29, 1.82) is 0 Å². The van der Waals surface area contributed by atoms with Crippen LogP contribution in [0.4, 0.5) is 0 Å². The summed E-state index contributed by atoms with van der Waals surface area (Å²) in [5, 5.41) is -0.374. The van der Waals surface area contributed by atoms with Crippen LogP contribution in [0.3, 0.4) is 0 Å². The quantitative estimate of drug-likeness (QED) is 0.723. The van der Waals surface area contributed by atoms with Gasteiger partial charge in [0.05, 0.1) is 10.6 Å². The third kappa shape index (κ3) is 1.50. The first kappa shape index (κ1) is 10.4. The first-order valence-corrected chi connectivity index (χ1v) is 4.95. The lowest BCUT2D eigenvalue weighted by Gasteiger charge is -1.99. The summed E-state index contributed by atoms with van der Waals surface area (Å²) in [5.41, 5.74) is 1.33. The highest BCUT2D eigenvalue weighted by molar-refractivity contribution is 6.69. The van der Waals surface area contributed by atoms with Crippen molar-refractivity contribution in [2.24, 2.45) is 7.05 Å². The molecule has 78 valence electrons. The SMILES string of the molecule is Cc1nc2c(Cl)c(C(=O)Cl)cnc2n1C. The Hall–Kier alpha value is -1.13. The zero-order valence-electron chi connectivity index (χ0n) is 8.08. The van der Waals surface area contributed by atoms with Crippen LogP contribution in [-0.2, 0) is 7.05 Å². The molecule has 2 aromatic heterocycles. The van der Waals surface area contributed by atoms with Gasteiger partial charge in [-0.15, -0.1) is 0 Å². The molecule has 0 aliphatic heterocycles. The highest BCUT2D eigenvalue weighted by Gasteiger charge is 2.16. The van der Waals surface area contributed by atoms with Crippen LogP contribution in [0.2, 0.25) is 5.02 Å². The lowest BCUT2D eigenvalue weighted by molar-refractivity contribution is 0.108. The van der Waals surface area contributed by atoms with Crippen LogP contribution in [0.25, 0.3) is 11.2 Å². The van der Waals surface area contributed by atoms with Gasteiger partial charge in [-0.2, -0.15) is 0 Å². The zero-order valence-corrected chi connectivity index (χ0v) is 9.60. The molecule has 2 rings (SSSR count). The summed E-state index contributed by atoms with van der Waals surface area (Å²) in [4.78, 5) is 19.3. The second kappa shape index (κ2) is 3.47. The van der Waals surface area contributed by atoms with Gasteiger partial charge in [0.15, 0.2) is 5.65 Å². The normalized spacial score (nSPS) is 10.9. The highest BCUT2D eigenvalue weighted by atomic mass is 35.5. The van der Waals surface area contributed by atoms with Gasteiger partial charge in [0.2, 0.25) is 0 Å². The Morgan fingerprint density at radius 3 is 2.80 bits per heavy atom. The van der Waals surface area contributed by atoms with E-state index in [4.69, 9.17) is 23.2 Å². The van der Waals surface area contributed by atoms with Crippen LogP contribution in [0, 0.1) is 6.92 Å². The Balaban J connectivity index is 2.85. The van der Waals surface area contributed by atoms with E-state index in [1.54, 1.807) is 4.57 Å². The number of halogens is 2. The average Bonchev–Trinajstić information content (AvgIpc) is 2.45. The minimum atomic E-state index is -0.627. The standard InChI is InChI=1S/C9H7Cl2N3O/c1-4-13-7-6(10)5(8(11)15)3-12-9(7)14(4)2/h3H,1-2H3. The third-order valence-electron chi connectivity index (χ3n) is 2.26. The maximum atomic E-state index is 11.0. The number of hydrogen-bond acceptors (Lipinski definition) is 3. The number of imidazole rings is 1. The number of carbonyl (C=O) groups excluding carboxylic acids is 1. The first-order valence-electron chi connectivity index (χ1n) is 4.19. The van der Waals surface area contributed by atoms with E-state index in [0.29, 0.717) is 11.2 Å². The van der Waals surface area contributed by atoms with Gasteiger partial charge in [-0.05, 0) is 18.5 Å². The predicted molar refractivity (Wildman–Crippen MR) is 58.4 cm³/mol. The van der Waals surface area contributed by atoms with Crippen molar-refractivity contribution in [2.45, 2.75) is 6.92 Å². The Morgan fingerprint density at radius 1 is 1.53 bits per heavy atom. The lowest BCUT2D eigenvalue weighted by Crippen LogP contribution is -1.96. The van der Waals surface area contributed by atoms with Gasteiger partial charge in [-0.1, -0.05) is 11.6 Å². The molecule has 0 saturated heterocycles. The molecule has 15 heavy (non-hydrogen) atoms. The van der Waals surface area contributed by atoms with Gasteiger partial charge in [0, 0.05) is 13.2 Å². The molecule has 0 amide bonds. The zero-order chi connectivity index (χ0) is 11.2. The molecular formula is C9H7Cl2N3O. The van der Waals surface area contributed by atoms with Crippen LogP contribution in [0.1, 0.15) is 16.2 Å². The predicted octanol–water partition coefficient (Wildman–Crippen LogP) is 2.31. The summed E-state index contributed by atoms with van der Waals surface area (Å²) in [7, 11) is 1.83. The fraction of sp³-hybridized carbons (Fsp3) is 0.222. The van der Waals surface area contributed by atoms with Gasteiger partial charge < -0.3 is 4.57 Å². The smallest absolute Gasteiger partial charge is 0.255 e. The summed E-state index contributed by atoms with van der Waals surface area (Å²) in [6.45, 7) is 1.83. The molecule has 0 radical (unpaired) electrons. The van der Waals surface area contributed by atoms with E-state index in [1.807, 2.05) is 14.0 Å². The molecule has 2 heterocycles. The maximum absolute atomic E-state index is 11.0. The van der Waals surface area contributed by atoms with Crippen molar-refractivity contribution < 1.29 is 4.79 Å². The van der Waals surface area contributed by atoms with Crippen LogP contribution < -0.4 is 0 Å². The number of carbonyl (C=O) groups is 1. The van der Waals surface area contributed by atoms with Gasteiger partial charge in [-0.25, -0.2) is 9.97 Å². The van der Waals surface area contributed by atoms with Gasteiger partial charge in [0.25, 0.3) is 5.24 Å². The average molecular weight is 244 g/mol. The molecule has 0 spiro atoms. The van der Waals surface area contributed by atoms with Gasteiger partial charge >= 0.3 is 0 Å². The van der Waals surface area contributed by atoms with Crippen molar-refractivity contribution in [3.63, 3.8) is 0 Å². The monoisotopic (exact) mass is 243 g/mol. The summed E-state index contributed by atoms with van der Waals surface area (Å²) in [6.07, 6.45) is 1.36. The molecule has 2 aromatic rings. The Bertz CT molecular complexity index is 562. The van der Waals surface area contributed by atoms with Crippen LogP contribution >= 0.6 is 23.2 Å². The minimum absolute atomic E-state index is 0.184. The van der Waals surface area contributed by atoms with Crippen molar-refractivity contribution >= 4 is 39.6 Å². The van der Waals surface area contributed by atoms with Gasteiger partial charge in [-0.3, -0.25) is 4.79 Å². The molecule has 0 atom stereocenters. The van der Waals surface area contributed by atoms with E-state index in [0.717, 1.165) is 5.82 Å². The number of fused-ring (bicyclic) bond motifs is 1. The number of aromatic nitrogens is 3. The minimum Gasteiger partial charge on any atom is -0.316 e. The van der Waals surface area contributed by atoms with E-state index in [2.05, 4.69) is 9.97 Å². The number of pyridine rings is 1. The summed E-state index contributed by atoms with van der Waals surface area (Å²) in [5.74, 6) is 0.776. The third-order valence-corrected chi connectivity index (χ3v) is 2.85. The van der Waals surface area contributed by atoms with Crippen molar-refractivity contribution in [3.05, 3.63) is 22.6 Å².